The fraction of sp³-hybridized carbons (Fsp3) is 0. The molecule has 1 heterocycles. The summed E-state index contributed by atoms with van der Waals surface area (Å²) < 4.78 is 38.9. The highest BCUT2D eigenvalue weighted by atomic mass is 35.5. The minimum absolute atomic E-state index is 0.144. The van der Waals surface area contributed by atoms with Gasteiger partial charge in [-0.25, -0.2) is 23.1 Å². The van der Waals surface area contributed by atoms with E-state index in [2.05, 4.69) is 15.3 Å². The van der Waals surface area contributed by atoms with E-state index in [-0.39, 0.29) is 16.7 Å². The first-order valence-corrected chi connectivity index (χ1v) is 4.84. The fourth-order valence-corrected chi connectivity index (χ4v) is 1.31. The zero-order valence-electron chi connectivity index (χ0n) is 8.22. The molecule has 3 nitrogen and oxygen atoms in total. The second-order valence-corrected chi connectivity index (χ2v) is 3.46. The Morgan fingerprint density at radius 3 is 2.53 bits per heavy atom. The van der Waals surface area contributed by atoms with Crippen LogP contribution in [0.1, 0.15) is 0 Å². The molecule has 0 aliphatic carbocycles. The molecule has 2 rings (SSSR count). The lowest BCUT2D eigenvalue weighted by Crippen LogP contribution is -2.00. The molecule has 0 unspecified atom stereocenters. The number of aromatic nitrogens is 2. The monoisotopic (exact) mass is 259 g/mol. The maximum atomic E-state index is 13.3. The van der Waals surface area contributed by atoms with Gasteiger partial charge in [0.1, 0.15) is 17.3 Å². The molecular formula is C10H5ClF3N3. The van der Waals surface area contributed by atoms with Crippen molar-refractivity contribution in [3.8, 4) is 0 Å². The molecule has 1 N–H and O–H groups in total. The van der Waals surface area contributed by atoms with E-state index in [9.17, 15) is 13.2 Å². The van der Waals surface area contributed by atoms with Gasteiger partial charge in [-0.15, -0.1) is 0 Å². The Kier molecular flexibility index (Phi) is 3.14. The van der Waals surface area contributed by atoms with Gasteiger partial charge in [0, 0.05) is 6.07 Å². The molecule has 0 atom stereocenters. The van der Waals surface area contributed by atoms with Crippen LogP contribution < -0.4 is 5.32 Å². The number of nitrogens with one attached hydrogen (secondary N) is 1. The molecule has 0 amide bonds. The van der Waals surface area contributed by atoms with Gasteiger partial charge < -0.3 is 5.32 Å². The molecule has 1 aromatic heterocycles. The molecule has 0 fully saturated rings. The number of halogens is 4. The van der Waals surface area contributed by atoms with Crippen LogP contribution in [-0.2, 0) is 0 Å². The molecule has 0 saturated carbocycles. The van der Waals surface area contributed by atoms with E-state index >= 15 is 0 Å². The highest BCUT2D eigenvalue weighted by Gasteiger charge is 2.13. The number of hydrogen-bond donors (Lipinski definition) is 1. The molecule has 17 heavy (non-hydrogen) atoms. The van der Waals surface area contributed by atoms with Crippen LogP contribution in [0.5, 0.6) is 0 Å². The van der Waals surface area contributed by atoms with Crippen molar-refractivity contribution in [1.82, 2.24) is 9.97 Å². The van der Waals surface area contributed by atoms with Crippen LogP contribution in [0.15, 0.2) is 24.5 Å². The molecule has 0 aliphatic rings. The molecular weight excluding hydrogens is 255 g/mol. The third-order valence-electron chi connectivity index (χ3n) is 1.93. The van der Waals surface area contributed by atoms with Gasteiger partial charge in [0.05, 0.1) is 5.69 Å². The Balaban J connectivity index is 2.34. The van der Waals surface area contributed by atoms with Gasteiger partial charge in [-0.3, -0.25) is 0 Å². The molecule has 0 aliphatic heterocycles. The van der Waals surface area contributed by atoms with Crippen molar-refractivity contribution in [2.75, 3.05) is 5.32 Å². The normalized spacial score (nSPS) is 10.4. The molecule has 0 spiro atoms. The summed E-state index contributed by atoms with van der Waals surface area (Å²) in [5.41, 5.74) is -0.237. The first-order valence-electron chi connectivity index (χ1n) is 4.46. The summed E-state index contributed by atoms with van der Waals surface area (Å²) >= 11 is 5.59. The van der Waals surface area contributed by atoms with E-state index in [1.54, 1.807) is 0 Å². The quantitative estimate of drug-likeness (QED) is 0.664. The van der Waals surface area contributed by atoms with Crippen molar-refractivity contribution in [1.29, 1.82) is 0 Å². The SMILES string of the molecule is Fc1ccc(Nc2cc(Cl)ncn2)c(F)c1F. The number of anilines is 2. The van der Waals surface area contributed by atoms with Gasteiger partial charge >= 0.3 is 0 Å². The smallest absolute Gasteiger partial charge is 0.196 e. The van der Waals surface area contributed by atoms with Crippen molar-refractivity contribution in [2.24, 2.45) is 0 Å². The Morgan fingerprint density at radius 1 is 1.06 bits per heavy atom. The summed E-state index contributed by atoms with van der Waals surface area (Å²) in [7, 11) is 0. The zero-order valence-corrected chi connectivity index (χ0v) is 8.97. The molecule has 0 radical (unpaired) electrons. The summed E-state index contributed by atoms with van der Waals surface area (Å²) in [6.07, 6.45) is 1.16. The minimum atomic E-state index is -1.55. The van der Waals surface area contributed by atoms with E-state index in [1.165, 1.54) is 6.07 Å². The number of hydrogen-bond acceptors (Lipinski definition) is 3. The average Bonchev–Trinajstić information content (AvgIpc) is 2.30. The molecule has 0 bridgehead atoms. The summed E-state index contributed by atoms with van der Waals surface area (Å²) in [4.78, 5) is 7.36. The van der Waals surface area contributed by atoms with E-state index in [0.717, 1.165) is 18.5 Å². The van der Waals surface area contributed by atoms with Crippen LogP contribution in [0.3, 0.4) is 0 Å². The first-order chi connectivity index (χ1) is 8.08. The van der Waals surface area contributed by atoms with Crippen LogP contribution in [0.25, 0.3) is 0 Å². The second-order valence-electron chi connectivity index (χ2n) is 3.07. The molecule has 88 valence electrons. The molecule has 7 heteroatoms. The maximum Gasteiger partial charge on any atom is 0.196 e. The van der Waals surface area contributed by atoms with Crippen LogP contribution in [0.4, 0.5) is 24.7 Å². The third kappa shape index (κ3) is 2.47. The number of nitrogens with zero attached hydrogens (tertiary/aromatic N) is 2. The van der Waals surface area contributed by atoms with E-state index in [0.29, 0.717) is 0 Å². The maximum absolute atomic E-state index is 13.3. The van der Waals surface area contributed by atoms with Crippen molar-refractivity contribution in [3.05, 3.63) is 47.1 Å². The van der Waals surface area contributed by atoms with Gasteiger partial charge in [-0.2, -0.15) is 0 Å². The topological polar surface area (TPSA) is 37.8 Å². The van der Waals surface area contributed by atoms with Crippen molar-refractivity contribution >= 4 is 23.1 Å². The van der Waals surface area contributed by atoms with Crippen LogP contribution >= 0.6 is 11.6 Å². The Bertz CT molecular complexity index is 562. The molecule has 2 aromatic rings. The van der Waals surface area contributed by atoms with E-state index in [4.69, 9.17) is 11.6 Å². The van der Waals surface area contributed by atoms with Crippen molar-refractivity contribution in [3.63, 3.8) is 0 Å². The van der Waals surface area contributed by atoms with Crippen molar-refractivity contribution < 1.29 is 13.2 Å². The Morgan fingerprint density at radius 2 is 1.82 bits per heavy atom. The molecule has 0 saturated heterocycles. The largest absolute Gasteiger partial charge is 0.338 e. The van der Waals surface area contributed by atoms with Gasteiger partial charge in [-0.05, 0) is 12.1 Å². The Labute approximate surface area is 99.3 Å². The van der Waals surface area contributed by atoms with Gasteiger partial charge in [0.15, 0.2) is 17.5 Å². The lowest BCUT2D eigenvalue weighted by atomic mass is 10.3. The highest BCUT2D eigenvalue weighted by Crippen LogP contribution is 2.23. The first kappa shape index (κ1) is 11.7. The van der Waals surface area contributed by atoms with Crippen LogP contribution in [0.2, 0.25) is 5.15 Å². The summed E-state index contributed by atoms with van der Waals surface area (Å²) in [5, 5.41) is 2.61. The lowest BCUT2D eigenvalue weighted by Gasteiger charge is -2.07. The standard InChI is InChI=1S/C10H5ClF3N3/c11-7-3-8(16-4-15-7)17-6-2-1-5(12)9(13)10(6)14/h1-4H,(H,15,16,17). The zero-order chi connectivity index (χ0) is 12.4. The van der Waals surface area contributed by atoms with E-state index in [1.807, 2.05) is 0 Å². The van der Waals surface area contributed by atoms with Gasteiger partial charge in [0.2, 0.25) is 0 Å². The third-order valence-corrected chi connectivity index (χ3v) is 2.14. The van der Waals surface area contributed by atoms with Gasteiger partial charge in [-0.1, -0.05) is 11.6 Å². The fourth-order valence-electron chi connectivity index (χ4n) is 1.16. The Hall–Kier alpha value is -1.82. The van der Waals surface area contributed by atoms with E-state index < -0.39 is 17.5 Å². The van der Waals surface area contributed by atoms with Gasteiger partial charge in [0.25, 0.3) is 0 Å². The summed E-state index contributed by atoms with van der Waals surface area (Å²) in [5.74, 6) is -3.95. The van der Waals surface area contributed by atoms with Crippen LogP contribution in [-0.4, -0.2) is 9.97 Å². The summed E-state index contributed by atoms with van der Waals surface area (Å²) in [6.45, 7) is 0. The van der Waals surface area contributed by atoms with Crippen LogP contribution in [0, 0.1) is 17.5 Å². The number of rotatable bonds is 2. The minimum Gasteiger partial charge on any atom is -0.338 e. The highest BCUT2D eigenvalue weighted by molar-refractivity contribution is 6.29. The lowest BCUT2D eigenvalue weighted by molar-refractivity contribution is 0.449. The van der Waals surface area contributed by atoms with Crippen molar-refractivity contribution in [2.45, 2.75) is 0 Å². The predicted octanol–water partition coefficient (Wildman–Crippen LogP) is 3.29. The second kappa shape index (κ2) is 4.58. The predicted molar refractivity (Wildman–Crippen MR) is 56.6 cm³/mol. The summed E-state index contributed by atoms with van der Waals surface area (Å²) in [6, 6.07) is 3.19. The average molecular weight is 260 g/mol. The molecule has 1 aromatic carbocycles. The number of benzene rings is 1.